The van der Waals surface area contributed by atoms with Gasteiger partial charge in [-0.05, 0) is 25.0 Å². The van der Waals surface area contributed by atoms with Crippen LogP contribution in [0.5, 0.6) is 0 Å². The van der Waals surface area contributed by atoms with Gasteiger partial charge in [-0.15, -0.1) is 0 Å². The Morgan fingerprint density at radius 2 is 2.25 bits per heavy atom. The molecule has 0 unspecified atom stereocenters. The van der Waals surface area contributed by atoms with Gasteiger partial charge in [0.25, 0.3) is 0 Å². The number of imidazole rings is 1. The Labute approximate surface area is 95.5 Å². The fourth-order valence-electron chi connectivity index (χ4n) is 2.04. The van der Waals surface area contributed by atoms with Crippen molar-refractivity contribution < 1.29 is 0 Å². The fraction of sp³-hybridized carbons (Fsp3) is 0.462. The molecule has 0 bridgehead atoms. The van der Waals surface area contributed by atoms with E-state index in [0.29, 0.717) is 12.0 Å². The van der Waals surface area contributed by atoms with Gasteiger partial charge in [0, 0.05) is 18.2 Å². The van der Waals surface area contributed by atoms with Crippen molar-refractivity contribution in [1.29, 1.82) is 0 Å². The third kappa shape index (κ3) is 1.56. The number of nitrogens with one attached hydrogen (secondary N) is 1. The van der Waals surface area contributed by atoms with Gasteiger partial charge in [0.15, 0.2) is 0 Å². The number of aromatic nitrogens is 2. The van der Waals surface area contributed by atoms with Crippen LogP contribution in [0.1, 0.15) is 38.4 Å². The summed E-state index contributed by atoms with van der Waals surface area (Å²) in [7, 11) is 0. The molecule has 0 aliphatic heterocycles. The maximum atomic E-state index is 4.51. The summed E-state index contributed by atoms with van der Waals surface area (Å²) < 4.78 is 2.19. The second-order valence-corrected chi connectivity index (χ2v) is 4.87. The Morgan fingerprint density at radius 1 is 1.44 bits per heavy atom. The molecule has 0 atom stereocenters. The molecular weight excluding hydrogens is 198 g/mol. The summed E-state index contributed by atoms with van der Waals surface area (Å²) in [5.74, 6) is 1.59. The highest BCUT2D eigenvalue weighted by atomic mass is 15.1. The van der Waals surface area contributed by atoms with E-state index in [-0.39, 0.29) is 0 Å². The van der Waals surface area contributed by atoms with Crippen LogP contribution in [0.25, 0.3) is 5.52 Å². The van der Waals surface area contributed by atoms with Crippen LogP contribution in [-0.4, -0.2) is 15.4 Å². The number of fused-ring (bicyclic) bond motifs is 1. The van der Waals surface area contributed by atoms with Crippen molar-refractivity contribution in [2.75, 3.05) is 5.32 Å². The largest absolute Gasteiger partial charge is 0.381 e. The van der Waals surface area contributed by atoms with E-state index in [4.69, 9.17) is 0 Å². The summed E-state index contributed by atoms with van der Waals surface area (Å²) >= 11 is 0. The highest BCUT2D eigenvalue weighted by molar-refractivity contribution is 5.72. The molecule has 3 heteroatoms. The zero-order valence-corrected chi connectivity index (χ0v) is 9.77. The van der Waals surface area contributed by atoms with Gasteiger partial charge in [-0.25, -0.2) is 4.98 Å². The van der Waals surface area contributed by atoms with Crippen LogP contribution >= 0.6 is 0 Å². The topological polar surface area (TPSA) is 29.3 Å². The fourth-order valence-corrected chi connectivity index (χ4v) is 2.04. The second kappa shape index (κ2) is 3.51. The van der Waals surface area contributed by atoms with Gasteiger partial charge < -0.3 is 9.72 Å². The number of anilines is 1. The molecule has 1 aliphatic carbocycles. The Morgan fingerprint density at radius 3 is 2.94 bits per heavy atom. The first-order chi connectivity index (χ1) is 7.75. The highest BCUT2D eigenvalue weighted by Crippen LogP contribution is 2.28. The van der Waals surface area contributed by atoms with Gasteiger partial charge >= 0.3 is 0 Å². The first-order valence-corrected chi connectivity index (χ1v) is 5.98. The van der Waals surface area contributed by atoms with Crippen LogP contribution in [0.4, 0.5) is 5.69 Å². The van der Waals surface area contributed by atoms with Gasteiger partial charge in [-0.2, -0.15) is 0 Å². The average molecular weight is 215 g/mol. The summed E-state index contributed by atoms with van der Waals surface area (Å²) in [5.41, 5.74) is 2.41. The lowest BCUT2D eigenvalue weighted by Gasteiger charge is -2.08. The van der Waals surface area contributed by atoms with E-state index in [0.717, 1.165) is 5.82 Å². The maximum Gasteiger partial charge on any atom is 0.115 e. The number of rotatable bonds is 3. The van der Waals surface area contributed by atoms with Crippen LogP contribution in [0.2, 0.25) is 0 Å². The van der Waals surface area contributed by atoms with Crippen molar-refractivity contribution >= 4 is 11.2 Å². The van der Waals surface area contributed by atoms with Gasteiger partial charge in [-0.3, -0.25) is 0 Å². The number of hydrogen-bond donors (Lipinski definition) is 1. The lowest BCUT2D eigenvalue weighted by atomic mass is 10.2. The molecule has 2 heterocycles. The second-order valence-electron chi connectivity index (χ2n) is 4.87. The third-order valence-electron chi connectivity index (χ3n) is 3.05. The molecule has 1 fully saturated rings. The molecular formula is C13H17N3. The molecule has 3 rings (SSSR count). The van der Waals surface area contributed by atoms with E-state index in [1.807, 2.05) is 6.20 Å². The summed E-state index contributed by atoms with van der Waals surface area (Å²) in [5, 5.41) is 3.55. The Kier molecular flexibility index (Phi) is 2.13. The van der Waals surface area contributed by atoms with Crippen molar-refractivity contribution in [3.05, 3.63) is 30.4 Å². The molecule has 0 saturated heterocycles. The molecule has 0 spiro atoms. The summed E-state index contributed by atoms with van der Waals surface area (Å²) in [6, 6.07) is 4.91. The van der Waals surface area contributed by atoms with E-state index in [1.54, 1.807) is 0 Å². The minimum Gasteiger partial charge on any atom is -0.381 e. The van der Waals surface area contributed by atoms with Crippen LogP contribution in [-0.2, 0) is 0 Å². The Bertz CT molecular complexity index is 509. The van der Waals surface area contributed by atoms with E-state index in [1.165, 1.54) is 24.0 Å². The average Bonchev–Trinajstić information content (AvgIpc) is 2.95. The first-order valence-electron chi connectivity index (χ1n) is 5.98. The van der Waals surface area contributed by atoms with Crippen molar-refractivity contribution in [1.82, 2.24) is 9.38 Å². The maximum absolute atomic E-state index is 4.51. The highest BCUT2D eigenvalue weighted by Gasteiger charge is 2.22. The predicted molar refractivity (Wildman–Crippen MR) is 65.9 cm³/mol. The third-order valence-corrected chi connectivity index (χ3v) is 3.05. The minimum absolute atomic E-state index is 0.457. The Balaban J connectivity index is 2.08. The molecule has 2 aromatic rings. The van der Waals surface area contributed by atoms with E-state index >= 15 is 0 Å². The number of hydrogen-bond acceptors (Lipinski definition) is 2. The summed E-state index contributed by atoms with van der Waals surface area (Å²) in [6.45, 7) is 4.35. The van der Waals surface area contributed by atoms with Crippen LogP contribution in [0.15, 0.2) is 24.5 Å². The lowest BCUT2D eigenvalue weighted by molar-refractivity contribution is 0.770. The number of pyridine rings is 1. The quantitative estimate of drug-likeness (QED) is 0.852. The van der Waals surface area contributed by atoms with Gasteiger partial charge in [-0.1, -0.05) is 13.8 Å². The van der Waals surface area contributed by atoms with E-state index in [2.05, 4.69) is 46.9 Å². The normalized spacial score (nSPS) is 15.9. The first kappa shape index (κ1) is 9.70. The number of nitrogens with zero attached hydrogens (tertiary/aromatic N) is 2. The zero-order valence-electron chi connectivity index (χ0n) is 9.77. The molecule has 0 aromatic carbocycles. The Hall–Kier alpha value is -1.51. The predicted octanol–water partition coefficient (Wildman–Crippen LogP) is 3.03. The molecule has 84 valence electrons. The van der Waals surface area contributed by atoms with Gasteiger partial charge in [0.1, 0.15) is 5.82 Å². The molecule has 1 aliphatic rings. The lowest BCUT2D eigenvalue weighted by Crippen LogP contribution is -2.03. The SMILES string of the molecule is CC(C)c1ncc2c(NC3CC3)cccn12. The molecule has 1 saturated carbocycles. The molecule has 1 N–H and O–H groups in total. The molecule has 0 radical (unpaired) electrons. The van der Waals surface area contributed by atoms with Gasteiger partial charge in [0.05, 0.1) is 17.4 Å². The standard InChI is InChI=1S/C13H17N3/c1-9(2)13-14-8-12-11(15-10-5-6-10)4-3-7-16(12)13/h3-4,7-10,15H,5-6H2,1-2H3. The summed E-state index contributed by atoms with van der Waals surface area (Å²) in [4.78, 5) is 4.51. The minimum atomic E-state index is 0.457. The molecule has 0 amide bonds. The van der Waals surface area contributed by atoms with Crippen molar-refractivity contribution in [3.63, 3.8) is 0 Å². The molecule has 2 aromatic heterocycles. The van der Waals surface area contributed by atoms with Crippen LogP contribution in [0.3, 0.4) is 0 Å². The smallest absolute Gasteiger partial charge is 0.115 e. The van der Waals surface area contributed by atoms with Crippen molar-refractivity contribution in [3.8, 4) is 0 Å². The molecule has 16 heavy (non-hydrogen) atoms. The van der Waals surface area contributed by atoms with E-state index < -0.39 is 0 Å². The van der Waals surface area contributed by atoms with Crippen LogP contribution in [0, 0.1) is 0 Å². The monoisotopic (exact) mass is 215 g/mol. The van der Waals surface area contributed by atoms with Gasteiger partial charge in [0.2, 0.25) is 0 Å². The summed E-state index contributed by atoms with van der Waals surface area (Å²) in [6.07, 6.45) is 6.66. The van der Waals surface area contributed by atoms with Crippen molar-refractivity contribution in [2.24, 2.45) is 0 Å². The zero-order chi connectivity index (χ0) is 11.1. The van der Waals surface area contributed by atoms with E-state index in [9.17, 15) is 0 Å². The van der Waals surface area contributed by atoms with Crippen LogP contribution < -0.4 is 5.32 Å². The molecule has 3 nitrogen and oxygen atoms in total. The van der Waals surface area contributed by atoms with Crippen molar-refractivity contribution in [2.45, 2.75) is 38.6 Å².